The number of rotatable bonds is 4. The summed E-state index contributed by atoms with van der Waals surface area (Å²) in [5, 5.41) is 3.59. The molecule has 0 unspecified atom stereocenters. The van der Waals surface area contributed by atoms with Crippen LogP contribution in [0.1, 0.15) is 58.9 Å². The molecule has 1 aromatic rings. The maximum Gasteiger partial charge on any atom is 0.495 e. The highest BCUT2D eigenvalue weighted by Crippen LogP contribution is 2.36. The summed E-state index contributed by atoms with van der Waals surface area (Å²) in [7, 11) is -0.518. The first-order chi connectivity index (χ1) is 10.8. The normalized spacial score (nSPS) is 23.6. The Balaban J connectivity index is 1.79. The first-order valence-electron chi connectivity index (χ1n) is 8.66. The Bertz CT molecular complexity index is 554. The van der Waals surface area contributed by atoms with E-state index in [1.54, 1.807) is 6.07 Å². The highest BCUT2D eigenvalue weighted by Gasteiger charge is 2.52. The van der Waals surface area contributed by atoms with Gasteiger partial charge in [-0.2, -0.15) is 0 Å². The molecule has 2 fully saturated rings. The lowest BCUT2D eigenvalue weighted by atomic mass is 9.75. The van der Waals surface area contributed by atoms with Gasteiger partial charge in [-0.25, -0.2) is 4.39 Å². The number of halogens is 1. The van der Waals surface area contributed by atoms with Gasteiger partial charge in [-0.3, -0.25) is 0 Å². The van der Waals surface area contributed by atoms with Crippen molar-refractivity contribution in [1.29, 1.82) is 0 Å². The van der Waals surface area contributed by atoms with Crippen LogP contribution in [0.15, 0.2) is 18.2 Å². The highest BCUT2D eigenvalue weighted by atomic mass is 19.1. The predicted octanol–water partition coefficient (Wildman–Crippen LogP) is 3.16. The molecule has 0 bridgehead atoms. The Hall–Kier alpha value is -0.905. The number of nitrogens with one attached hydrogen (secondary N) is 1. The summed E-state index contributed by atoms with van der Waals surface area (Å²) in [6.45, 7) is 8.79. The zero-order valence-corrected chi connectivity index (χ0v) is 14.6. The van der Waals surface area contributed by atoms with Crippen molar-refractivity contribution in [3.8, 4) is 0 Å². The third-order valence-electron chi connectivity index (χ3n) is 5.55. The topological polar surface area (TPSA) is 30.5 Å². The van der Waals surface area contributed by atoms with Gasteiger partial charge < -0.3 is 14.6 Å². The Kier molecular flexibility index (Phi) is 4.56. The Morgan fingerprint density at radius 2 is 1.74 bits per heavy atom. The van der Waals surface area contributed by atoms with Gasteiger partial charge >= 0.3 is 7.12 Å². The fraction of sp³-hybridized carbons (Fsp3) is 0.667. The Morgan fingerprint density at radius 3 is 2.35 bits per heavy atom. The maximum atomic E-state index is 13.8. The highest BCUT2D eigenvalue weighted by molar-refractivity contribution is 6.62. The molecular weight excluding hydrogens is 292 g/mol. The van der Waals surface area contributed by atoms with Crippen LogP contribution >= 0.6 is 0 Å². The van der Waals surface area contributed by atoms with Gasteiger partial charge in [-0.1, -0.05) is 18.9 Å². The van der Waals surface area contributed by atoms with E-state index in [9.17, 15) is 4.39 Å². The predicted molar refractivity (Wildman–Crippen MR) is 91.2 cm³/mol. The maximum absolute atomic E-state index is 13.8. The molecular formula is C18H27BFNO2. The third-order valence-corrected chi connectivity index (χ3v) is 5.55. The van der Waals surface area contributed by atoms with Crippen molar-refractivity contribution < 1.29 is 13.7 Å². The van der Waals surface area contributed by atoms with E-state index in [1.807, 2.05) is 33.8 Å². The van der Waals surface area contributed by atoms with Gasteiger partial charge in [0.2, 0.25) is 0 Å². The summed E-state index contributed by atoms with van der Waals surface area (Å²) in [4.78, 5) is 0. The van der Waals surface area contributed by atoms with Gasteiger partial charge in [-0.05, 0) is 63.7 Å². The molecule has 1 aliphatic carbocycles. The van der Waals surface area contributed by atoms with Crippen LogP contribution < -0.4 is 10.8 Å². The molecule has 1 aliphatic heterocycles. The van der Waals surface area contributed by atoms with Crippen LogP contribution in [0.3, 0.4) is 0 Å². The minimum absolute atomic E-state index is 0.251. The van der Waals surface area contributed by atoms with E-state index in [1.165, 1.54) is 31.7 Å². The average Bonchev–Trinajstić information content (AvgIpc) is 3.04. The lowest BCUT2D eigenvalue weighted by molar-refractivity contribution is 0.00578. The van der Waals surface area contributed by atoms with Crippen LogP contribution in [0.25, 0.3) is 0 Å². The van der Waals surface area contributed by atoms with E-state index < -0.39 is 18.3 Å². The third kappa shape index (κ3) is 3.47. The van der Waals surface area contributed by atoms with Crippen molar-refractivity contribution in [2.75, 3.05) is 0 Å². The van der Waals surface area contributed by atoms with Gasteiger partial charge in [0.15, 0.2) is 0 Å². The fourth-order valence-electron chi connectivity index (χ4n) is 3.30. The molecule has 5 heteroatoms. The molecule has 0 atom stereocenters. The second-order valence-electron chi connectivity index (χ2n) is 7.79. The second kappa shape index (κ2) is 6.19. The minimum atomic E-state index is -0.518. The van der Waals surface area contributed by atoms with Gasteiger partial charge in [0, 0.05) is 12.6 Å². The first-order valence-corrected chi connectivity index (χ1v) is 8.66. The molecule has 23 heavy (non-hydrogen) atoms. The van der Waals surface area contributed by atoms with Crippen LogP contribution in [0.5, 0.6) is 0 Å². The molecule has 3 rings (SSSR count). The van der Waals surface area contributed by atoms with Crippen molar-refractivity contribution in [2.45, 2.75) is 77.2 Å². The van der Waals surface area contributed by atoms with Crippen molar-refractivity contribution in [2.24, 2.45) is 0 Å². The van der Waals surface area contributed by atoms with Crippen LogP contribution in [0.2, 0.25) is 0 Å². The molecule has 0 amide bonds. The molecule has 1 N–H and O–H groups in total. The second-order valence-corrected chi connectivity index (χ2v) is 7.79. The molecule has 0 aromatic heterocycles. The van der Waals surface area contributed by atoms with E-state index in [0.717, 1.165) is 17.6 Å². The molecule has 3 nitrogen and oxygen atoms in total. The van der Waals surface area contributed by atoms with Gasteiger partial charge in [0.1, 0.15) is 5.82 Å². The van der Waals surface area contributed by atoms with E-state index in [4.69, 9.17) is 9.31 Å². The molecule has 2 aliphatic rings. The molecule has 1 saturated heterocycles. The van der Waals surface area contributed by atoms with E-state index in [-0.39, 0.29) is 5.82 Å². The molecule has 126 valence electrons. The number of hydrogen-bond donors (Lipinski definition) is 1. The van der Waals surface area contributed by atoms with Gasteiger partial charge in [-0.15, -0.1) is 0 Å². The van der Waals surface area contributed by atoms with Crippen LogP contribution in [-0.2, 0) is 15.9 Å². The monoisotopic (exact) mass is 319 g/mol. The molecule has 1 saturated carbocycles. The summed E-state index contributed by atoms with van der Waals surface area (Å²) in [6.07, 6.45) is 5.05. The smallest absolute Gasteiger partial charge is 0.399 e. The summed E-state index contributed by atoms with van der Waals surface area (Å²) < 4.78 is 26.0. The van der Waals surface area contributed by atoms with Crippen molar-refractivity contribution >= 4 is 12.6 Å². The van der Waals surface area contributed by atoms with Gasteiger partial charge in [0.25, 0.3) is 0 Å². The lowest BCUT2D eigenvalue weighted by Crippen LogP contribution is -2.41. The van der Waals surface area contributed by atoms with E-state index in [2.05, 4.69) is 5.32 Å². The molecule has 1 aromatic carbocycles. The molecule has 0 spiro atoms. The summed E-state index contributed by atoms with van der Waals surface area (Å²) in [6, 6.07) is 5.48. The van der Waals surface area contributed by atoms with E-state index >= 15 is 0 Å². The average molecular weight is 319 g/mol. The minimum Gasteiger partial charge on any atom is -0.399 e. The van der Waals surface area contributed by atoms with Crippen molar-refractivity contribution in [1.82, 2.24) is 5.32 Å². The largest absolute Gasteiger partial charge is 0.495 e. The number of hydrogen-bond acceptors (Lipinski definition) is 3. The van der Waals surface area contributed by atoms with Crippen LogP contribution in [-0.4, -0.2) is 24.4 Å². The summed E-state index contributed by atoms with van der Waals surface area (Å²) in [5.74, 6) is -0.251. The zero-order valence-electron chi connectivity index (χ0n) is 14.6. The summed E-state index contributed by atoms with van der Waals surface area (Å²) >= 11 is 0. The summed E-state index contributed by atoms with van der Waals surface area (Å²) in [5.41, 5.74) is 1.02. The Labute approximate surface area is 139 Å². The Morgan fingerprint density at radius 1 is 1.13 bits per heavy atom. The van der Waals surface area contributed by atoms with Crippen LogP contribution in [0.4, 0.5) is 4.39 Å². The van der Waals surface area contributed by atoms with Crippen molar-refractivity contribution in [3.05, 3.63) is 29.6 Å². The zero-order chi connectivity index (χ0) is 16.7. The quantitative estimate of drug-likeness (QED) is 0.865. The molecule has 1 heterocycles. The first kappa shape index (κ1) is 16.9. The van der Waals surface area contributed by atoms with Gasteiger partial charge in [0.05, 0.1) is 11.2 Å². The molecule has 0 radical (unpaired) electrons. The SMILES string of the molecule is CC1(C)OB(c2cc(F)ccc2CNC2CCCC2)OC1(C)C. The standard InChI is InChI=1S/C18H27BFNO2/c1-17(2)18(3,4)23-19(22-17)16-11-14(20)10-9-13(16)12-21-15-7-5-6-8-15/h9-11,15,21H,5-8,12H2,1-4H3. The number of benzene rings is 1. The van der Waals surface area contributed by atoms with E-state index in [0.29, 0.717) is 6.04 Å². The van der Waals surface area contributed by atoms with Crippen molar-refractivity contribution in [3.63, 3.8) is 0 Å². The fourth-order valence-corrected chi connectivity index (χ4v) is 3.30. The lowest BCUT2D eigenvalue weighted by Gasteiger charge is -2.32. The van der Waals surface area contributed by atoms with Crippen LogP contribution in [0, 0.1) is 5.82 Å².